The van der Waals surface area contributed by atoms with E-state index < -0.39 is 57.6 Å². The molecule has 0 rings (SSSR count). The molecule has 3 unspecified atom stereocenters. The Hall–Kier alpha value is -1.78. The molecular formula is C46H88NO10P. The molecular weight excluding hydrogens is 757 g/mol. The fourth-order valence-electron chi connectivity index (χ4n) is 6.83. The number of carboxylic acids is 1. The maximum Gasteiger partial charge on any atom is 0.472 e. The Kier molecular flexibility index (Phi) is 40.6. The van der Waals surface area contributed by atoms with Gasteiger partial charge in [-0.2, -0.15) is 0 Å². The fourth-order valence-corrected chi connectivity index (χ4v) is 7.60. The first kappa shape index (κ1) is 56.2. The molecule has 0 aliphatic heterocycles. The first-order valence-corrected chi connectivity index (χ1v) is 25.2. The molecule has 342 valence electrons. The molecule has 0 aromatic carbocycles. The largest absolute Gasteiger partial charge is 0.480 e. The number of carbonyl (C=O) groups is 3. The summed E-state index contributed by atoms with van der Waals surface area (Å²) in [5.74, 6) is -2.37. The van der Waals surface area contributed by atoms with E-state index in [1.54, 1.807) is 0 Å². The van der Waals surface area contributed by atoms with Gasteiger partial charge in [-0.25, -0.2) is 9.36 Å². The molecule has 0 saturated carbocycles. The molecule has 11 nitrogen and oxygen atoms in total. The SMILES string of the molecule is CCCC/C=C\CCCCCCCC(=O)OCC(O)COP(=O)(O)OCC(NC(=O)CCCCCCCCCCCCCCCCCCCCCCCCC)C(=O)O. The highest BCUT2D eigenvalue weighted by molar-refractivity contribution is 7.47. The molecule has 0 saturated heterocycles. The van der Waals surface area contributed by atoms with Crippen molar-refractivity contribution >= 4 is 25.7 Å². The molecule has 0 aliphatic rings. The summed E-state index contributed by atoms with van der Waals surface area (Å²) in [5, 5.41) is 21.8. The van der Waals surface area contributed by atoms with Gasteiger partial charge in [-0.15, -0.1) is 0 Å². The number of unbranched alkanes of at least 4 members (excludes halogenated alkanes) is 29. The van der Waals surface area contributed by atoms with Gasteiger partial charge in [-0.05, 0) is 32.1 Å². The predicted molar refractivity (Wildman–Crippen MR) is 236 cm³/mol. The van der Waals surface area contributed by atoms with Crippen LogP contribution >= 0.6 is 7.82 Å². The van der Waals surface area contributed by atoms with E-state index in [0.717, 1.165) is 57.8 Å². The zero-order valence-corrected chi connectivity index (χ0v) is 38.0. The lowest BCUT2D eigenvalue weighted by Crippen LogP contribution is -2.43. The molecule has 0 aromatic rings. The van der Waals surface area contributed by atoms with E-state index in [2.05, 4.69) is 31.3 Å². The van der Waals surface area contributed by atoms with Gasteiger partial charge in [0, 0.05) is 12.8 Å². The molecule has 1 amide bonds. The number of phosphoric ester groups is 1. The lowest BCUT2D eigenvalue weighted by Gasteiger charge is -2.18. The number of aliphatic hydroxyl groups excluding tert-OH is 1. The Labute approximate surface area is 354 Å². The summed E-state index contributed by atoms with van der Waals surface area (Å²) in [7, 11) is -4.75. The van der Waals surface area contributed by atoms with Crippen LogP contribution in [-0.2, 0) is 32.7 Å². The number of carbonyl (C=O) groups excluding carboxylic acids is 2. The molecule has 58 heavy (non-hydrogen) atoms. The molecule has 12 heteroatoms. The summed E-state index contributed by atoms with van der Waals surface area (Å²) < 4.78 is 26.8. The third-order valence-corrected chi connectivity index (χ3v) is 11.5. The number of aliphatic hydroxyl groups is 1. The van der Waals surface area contributed by atoms with Gasteiger partial charge >= 0.3 is 19.8 Å². The average Bonchev–Trinajstić information content (AvgIpc) is 3.20. The van der Waals surface area contributed by atoms with Gasteiger partial charge < -0.3 is 25.2 Å². The molecule has 0 radical (unpaired) electrons. The maximum atomic E-state index is 12.3. The summed E-state index contributed by atoms with van der Waals surface area (Å²) in [5.41, 5.74) is 0. The highest BCUT2D eigenvalue weighted by Gasteiger charge is 2.28. The van der Waals surface area contributed by atoms with Gasteiger partial charge in [0.1, 0.15) is 12.7 Å². The summed E-state index contributed by atoms with van der Waals surface area (Å²) in [6.07, 6.45) is 42.5. The van der Waals surface area contributed by atoms with Gasteiger partial charge in [-0.3, -0.25) is 18.6 Å². The van der Waals surface area contributed by atoms with Crippen LogP contribution in [0.4, 0.5) is 0 Å². The molecule has 0 heterocycles. The summed E-state index contributed by atoms with van der Waals surface area (Å²) in [6, 6.07) is -1.54. The predicted octanol–water partition coefficient (Wildman–Crippen LogP) is 12.5. The van der Waals surface area contributed by atoms with Crippen LogP contribution in [0, 0.1) is 0 Å². The third-order valence-electron chi connectivity index (χ3n) is 10.6. The smallest absolute Gasteiger partial charge is 0.472 e. The van der Waals surface area contributed by atoms with Crippen LogP contribution < -0.4 is 5.32 Å². The summed E-state index contributed by atoms with van der Waals surface area (Å²) >= 11 is 0. The highest BCUT2D eigenvalue weighted by Crippen LogP contribution is 2.43. The van der Waals surface area contributed by atoms with E-state index in [0.29, 0.717) is 12.8 Å². The molecule has 4 N–H and O–H groups in total. The number of hydrogen-bond acceptors (Lipinski definition) is 8. The molecule has 0 aromatic heterocycles. The van der Waals surface area contributed by atoms with E-state index in [1.807, 2.05) is 0 Å². The van der Waals surface area contributed by atoms with E-state index in [9.17, 15) is 34.1 Å². The van der Waals surface area contributed by atoms with Crippen molar-refractivity contribution in [1.29, 1.82) is 0 Å². The van der Waals surface area contributed by atoms with Crippen LogP contribution in [0.2, 0.25) is 0 Å². The maximum absolute atomic E-state index is 12.3. The van der Waals surface area contributed by atoms with E-state index in [4.69, 9.17) is 13.8 Å². The number of allylic oxidation sites excluding steroid dienone is 2. The first-order valence-electron chi connectivity index (χ1n) is 23.7. The van der Waals surface area contributed by atoms with E-state index >= 15 is 0 Å². The Morgan fingerprint density at radius 1 is 0.534 bits per heavy atom. The quantitative estimate of drug-likeness (QED) is 0.0200. The van der Waals surface area contributed by atoms with Crippen molar-refractivity contribution in [1.82, 2.24) is 5.32 Å². The minimum absolute atomic E-state index is 0.151. The van der Waals surface area contributed by atoms with Crippen LogP contribution in [0.5, 0.6) is 0 Å². The lowest BCUT2D eigenvalue weighted by molar-refractivity contribution is -0.147. The van der Waals surface area contributed by atoms with Crippen molar-refractivity contribution in [3.05, 3.63) is 12.2 Å². The number of carboxylic acid groups (broad SMARTS) is 1. The minimum Gasteiger partial charge on any atom is -0.480 e. The van der Waals surface area contributed by atoms with Crippen molar-refractivity contribution in [2.75, 3.05) is 19.8 Å². The number of ether oxygens (including phenoxy) is 1. The van der Waals surface area contributed by atoms with Crippen LogP contribution in [-0.4, -0.2) is 64.9 Å². The zero-order chi connectivity index (χ0) is 42.8. The minimum atomic E-state index is -4.75. The van der Waals surface area contributed by atoms with Crippen molar-refractivity contribution < 1.29 is 47.8 Å². The summed E-state index contributed by atoms with van der Waals surface area (Å²) in [6.45, 7) is 2.57. The number of rotatable bonds is 45. The molecule has 0 aliphatic carbocycles. The Morgan fingerprint density at radius 2 is 0.914 bits per heavy atom. The topological polar surface area (TPSA) is 169 Å². The molecule has 3 atom stereocenters. The van der Waals surface area contributed by atoms with Gasteiger partial charge in [0.15, 0.2) is 6.04 Å². The van der Waals surface area contributed by atoms with Crippen LogP contribution in [0.25, 0.3) is 0 Å². The highest BCUT2D eigenvalue weighted by atomic mass is 31.2. The molecule has 0 spiro atoms. The normalized spacial score (nSPS) is 13.7. The molecule has 0 bridgehead atoms. The Bertz CT molecular complexity index is 1040. The van der Waals surface area contributed by atoms with Crippen LogP contribution in [0.15, 0.2) is 12.2 Å². The monoisotopic (exact) mass is 846 g/mol. The van der Waals surface area contributed by atoms with Crippen molar-refractivity contribution in [3.8, 4) is 0 Å². The number of nitrogens with one attached hydrogen (secondary N) is 1. The van der Waals surface area contributed by atoms with Crippen LogP contribution in [0.1, 0.15) is 232 Å². The van der Waals surface area contributed by atoms with Crippen LogP contribution in [0.3, 0.4) is 0 Å². The first-order chi connectivity index (χ1) is 28.1. The number of esters is 1. The zero-order valence-electron chi connectivity index (χ0n) is 37.1. The summed E-state index contributed by atoms with van der Waals surface area (Å²) in [4.78, 5) is 45.9. The lowest BCUT2D eigenvalue weighted by atomic mass is 10.0. The number of amides is 1. The fraction of sp³-hybridized carbons (Fsp3) is 0.891. The van der Waals surface area contributed by atoms with Gasteiger partial charge in [0.05, 0.1) is 13.2 Å². The number of aliphatic carboxylic acids is 1. The standard InChI is InChI=1S/C46H88NO10P/c1-3-5-7-9-11-13-15-16-17-18-19-20-21-22-23-24-25-26-28-29-31-33-35-37-44(49)47-43(46(51)52)41-57-58(53,54)56-40-42(48)39-55-45(50)38-36-34-32-30-27-14-12-10-8-6-4-2/h10,12,42-43,48H,3-9,11,13-41H2,1-2H3,(H,47,49)(H,51,52)(H,53,54)/b12-10-. The van der Waals surface area contributed by atoms with E-state index in [-0.39, 0.29) is 12.8 Å². The average molecular weight is 846 g/mol. The second-order valence-electron chi connectivity index (χ2n) is 16.3. The van der Waals surface area contributed by atoms with Crippen molar-refractivity contribution in [2.45, 2.75) is 244 Å². The van der Waals surface area contributed by atoms with E-state index in [1.165, 1.54) is 135 Å². The van der Waals surface area contributed by atoms with Crippen molar-refractivity contribution in [2.24, 2.45) is 0 Å². The number of hydrogen-bond donors (Lipinski definition) is 4. The van der Waals surface area contributed by atoms with Crippen molar-refractivity contribution in [3.63, 3.8) is 0 Å². The third kappa shape index (κ3) is 41.0. The van der Waals surface area contributed by atoms with Gasteiger partial charge in [0.2, 0.25) is 5.91 Å². The second kappa shape index (κ2) is 41.9. The second-order valence-corrected chi connectivity index (χ2v) is 17.8. The number of phosphoric acid groups is 1. The van der Waals surface area contributed by atoms with Gasteiger partial charge in [-0.1, -0.05) is 199 Å². The Balaban J connectivity index is 3.80. The van der Waals surface area contributed by atoms with Gasteiger partial charge in [0.25, 0.3) is 0 Å². The Morgan fingerprint density at radius 3 is 1.36 bits per heavy atom. The molecule has 0 fully saturated rings.